The Balaban J connectivity index is 1.41. The largest absolute Gasteiger partial charge is 0.619 e. The van der Waals surface area contributed by atoms with Crippen LogP contribution < -0.4 is 10.0 Å². The number of alkyl halides is 2. The molecule has 4 rings (SSSR count). The van der Waals surface area contributed by atoms with E-state index in [0.717, 1.165) is 12.1 Å². The highest BCUT2D eigenvalue weighted by Crippen LogP contribution is 2.40. The smallest absolute Gasteiger partial charge is 0.257 e. The fourth-order valence-electron chi connectivity index (χ4n) is 4.07. The average Bonchev–Trinajstić information content (AvgIpc) is 3.24. The SMILES string of the molecule is C[C@@H](C(=O)Nc1cn(Cc2cc(F)c(Cl)cc2F)cn1)N1CCC(F)(F)[C@@H](c2cc[n+]([O-])cc2)C1. The Kier molecular flexibility index (Phi) is 7.00. The van der Waals surface area contributed by atoms with Crippen LogP contribution in [0.25, 0.3) is 0 Å². The first-order valence-electron chi connectivity index (χ1n) is 10.8. The van der Waals surface area contributed by atoms with Gasteiger partial charge >= 0.3 is 0 Å². The monoisotopic (exact) mass is 511 g/mol. The van der Waals surface area contributed by atoms with Crippen molar-refractivity contribution in [2.75, 3.05) is 18.4 Å². The lowest BCUT2D eigenvalue weighted by molar-refractivity contribution is -0.605. The summed E-state index contributed by atoms with van der Waals surface area (Å²) < 4.78 is 58.9. The van der Waals surface area contributed by atoms with E-state index in [2.05, 4.69) is 10.3 Å². The number of pyridine rings is 1. The van der Waals surface area contributed by atoms with E-state index in [1.807, 2.05) is 0 Å². The van der Waals surface area contributed by atoms with Crippen molar-refractivity contribution in [1.29, 1.82) is 0 Å². The van der Waals surface area contributed by atoms with Crippen LogP contribution in [0.2, 0.25) is 5.02 Å². The number of amides is 1. The highest BCUT2D eigenvalue weighted by atomic mass is 35.5. The van der Waals surface area contributed by atoms with Gasteiger partial charge in [0.25, 0.3) is 5.92 Å². The number of carbonyl (C=O) groups is 1. The highest BCUT2D eigenvalue weighted by molar-refractivity contribution is 6.30. The molecule has 0 saturated carbocycles. The van der Waals surface area contributed by atoms with Crippen LogP contribution in [-0.2, 0) is 11.3 Å². The fourth-order valence-corrected chi connectivity index (χ4v) is 4.22. The van der Waals surface area contributed by atoms with Crippen LogP contribution in [0.1, 0.15) is 30.4 Å². The molecule has 0 bridgehead atoms. The normalized spacial score (nSPS) is 18.9. The summed E-state index contributed by atoms with van der Waals surface area (Å²) in [5.41, 5.74) is 0.378. The Morgan fingerprint density at radius 3 is 2.74 bits per heavy atom. The molecule has 2 atom stereocenters. The number of hydrogen-bond donors (Lipinski definition) is 1. The molecule has 3 aromatic rings. The van der Waals surface area contributed by atoms with E-state index in [1.54, 1.807) is 11.8 Å². The molecule has 3 heterocycles. The summed E-state index contributed by atoms with van der Waals surface area (Å²) in [5.74, 6) is -5.84. The molecule has 7 nitrogen and oxygen atoms in total. The average molecular weight is 512 g/mol. The molecule has 1 aromatic carbocycles. The van der Waals surface area contributed by atoms with Gasteiger partial charge in [-0.1, -0.05) is 11.6 Å². The zero-order chi connectivity index (χ0) is 25.3. The Morgan fingerprint density at radius 2 is 2.03 bits per heavy atom. The summed E-state index contributed by atoms with van der Waals surface area (Å²) in [6.45, 7) is 1.51. The first-order valence-corrected chi connectivity index (χ1v) is 11.2. The summed E-state index contributed by atoms with van der Waals surface area (Å²) in [6, 6.07) is 3.86. The standard InChI is InChI=1S/C23H22ClF4N5O2/c1-14(32-7-4-23(27,28)17(11-32)15-2-5-33(35)6-3-15)22(34)30-21-12-31(13-29-21)10-16-8-20(26)18(24)9-19(16)25/h2-3,5-6,8-9,12-14,17H,4,7,10-11H2,1H3,(H,30,34)/t14-,17+/m0/s1. The molecule has 1 N–H and O–H groups in total. The molecule has 0 radical (unpaired) electrons. The number of likely N-dealkylation sites (tertiary alicyclic amines) is 1. The van der Waals surface area contributed by atoms with Gasteiger partial charge in [-0.3, -0.25) is 9.69 Å². The zero-order valence-electron chi connectivity index (χ0n) is 18.6. The molecular formula is C23H22ClF4N5O2. The van der Waals surface area contributed by atoms with Gasteiger partial charge in [-0.05, 0) is 24.6 Å². The van der Waals surface area contributed by atoms with Gasteiger partial charge < -0.3 is 15.1 Å². The maximum atomic E-state index is 14.6. The summed E-state index contributed by atoms with van der Waals surface area (Å²) in [5, 5.41) is 13.6. The van der Waals surface area contributed by atoms with Gasteiger partial charge in [0, 0.05) is 43.4 Å². The Morgan fingerprint density at radius 1 is 1.31 bits per heavy atom. The number of nitrogens with one attached hydrogen (secondary N) is 1. The molecule has 1 amide bonds. The molecule has 186 valence electrons. The van der Waals surface area contributed by atoms with E-state index in [-0.39, 0.29) is 36.0 Å². The van der Waals surface area contributed by atoms with Gasteiger partial charge in [-0.15, -0.1) is 0 Å². The summed E-state index contributed by atoms with van der Waals surface area (Å²) >= 11 is 5.57. The third kappa shape index (κ3) is 5.57. The van der Waals surface area contributed by atoms with Crippen molar-refractivity contribution in [1.82, 2.24) is 14.5 Å². The number of anilines is 1. The maximum absolute atomic E-state index is 14.6. The first-order chi connectivity index (χ1) is 16.5. The summed E-state index contributed by atoms with van der Waals surface area (Å²) in [4.78, 5) is 18.5. The van der Waals surface area contributed by atoms with Gasteiger partial charge in [0.05, 0.1) is 29.9 Å². The van der Waals surface area contributed by atoms with Crippen molar-refractivity contribution in [3.63, 3.8) is 0 Å². The number of carbonyl (C=O) groups excluding carboxylic acids is 1. The molecule has 0 aliphatic carbocycles. The molecule has 1 aliphatic rings. The lowest BCUT2D eigenvalue weighted by Crippen LogP contribution is -2.52. The van der Waals surface area contributed by atoms with Gasteiger partial charge in [0.15, 0.2) is 18.2 Å². The minimum atomic E-state index is -2.98. The van der Waals surface area contributed by atoms with Crippen LogP contribution in [0.4, 0.5) is 23.4 Å². The second-order valence-electron chi connectivity index (χ2n) is 8.50. The molecule has 1 saturated heterocycles. The molecule has 1 fully saturated rings. The number of rotatable bonds is 6. The van der Waals surface area contributed by atoms with E-state index >= 15 is 0 Å². The molecule has 0 spiro atoms. The summed E-state index contributed by atoms with van der Waals surface area (Å²) in [7, 11) is 0. The van der Waals surface area contributed by atoms with Crippen LogP contribution in [0, 0.1) is 16.8 Å². The van der Waals surface area contributed by atoms with Gasteiger partial charge in [0.2, 0.25) is 5.91 Å². The lowest BCUT2D eigenvalue weighted by Gasteiger charge is -2.40. The van der Waals surface area contributed by atoms with Crippen molar-refractivity contribution >= 4 is 23.3 Å². The lowest BCUT2D eigenvalue weighted by atomic mass is 9.87. The highest BCUT2D eigenvalue weighted by Gasteiger charge is 2.46. The molecule has 35 heavy (non-hydrogen) atoms. The summed E-state index contributed by atoms with van der Waals surface area (Å²) in [6.07, 6.45) is 4.70. The fraction of sp³-hybridized carbons (Fsp3) is 0.348. The number of hydrogen-bond acceptors (Lipinski definition) is 4. The van der Waals surface area contributed by atoms with Crippen LogP contribution in [0.3, 0.4) is 0 Å². The second kappa shape index (κ2) is 9.82. The van der Waals surface area contributed by atoms with E-state index < -0.39 is 41.8 Å². The van der Waals surface area contributed by atoms with E-state index in [4.69, 9.17) is 11.6 Å². The number of piperidine rings is 1. The second-order valence-corrected chi connectivity index (χ2v) is 8.91. The van der Waals surface area contributed by atoms with Crippen LogP contribution in [0.5, 0.6) is 0 Å². The van der Waals surface area contributed by atoms with E-state index in [9.17, 15) is 27.6 Å². The number of benzene rings is 1. The minimum absolute atomic E-state index is 0.0162. The maximum Gasteiger partial charge on any atom is 0.257 e. The topological polar surface area (TPSA) is 77.1 Å². The Hall–Kier alpha value is -3.18. The van der Waals surface area contributed by atoms with E-state index in [1.165, 1.54) is 41.6 Å². The molecular weight excluding hydrogens is 490 g/mol. The van der Waals surface area contributed by atoms with E-state index in [0.29, 0.717) is 10.3 Å². The van der Waals surface area contributed by atoms with Gasteiger partial charge in [-0.2, -0.15) is 4.73 Å². The van der Waals surface area contributed by atoms with Crippen LogP contribution in [-0.4, -0.2) is 45.4 Å². The van der Waals surface area contributed by atoms with Crippen molar-refractivity contribution in [3.05, 3.63) is 82.2 Å². The number of imidazole rings is 1. The molecule has 2 aromatic heterocycles. The van der Waals surface area contributed by atoms with Crippen molar-refractivity contribution < 1.29 is 27.1 Å². The van der Waals surface area contributed by atoms with Crippen molar-refractivity contribution in [2.24, 2.45) is 0 Å². The molecule has 12 heteroatoms. The number of halogens is 5. The Labute approximate surface area is 203 Å². The number of aromatic nitrogens is 3. The van der Waals surface area contributed by atoms with Crippen LogP contribution in [0.15, 0.2) is 49.2 Å². The zero-order valence-corrected chi connectivity index (χ0v) is 19.4. The Bertz CT molecular complexity index is 1220. The van der Waals surface area contributed by atoms with Crippen LogP contribution >= 0.6 is 11.6 Å². The predicted octanol–water partition coefficient (Wildman–Crippen LogP) is 3.95. The quantitative estimate of drug-likeness (QED) is 0.235. The minimum Gasteiger partial charge on any atom is -0.619 e. The van der Waals surface area contributed by atoms with Crippen molar-refractivity contribution in [2.45, 2.75) is 37.8 Å². The molecule has 0 unspecified atom stereocenters. The van der Waals surface area contributed by atoms with Gasteiger partial charge in [0.1, 0.15) is 11.6 Å². The predicted molar refractivity (Wildman–Crippen MR) is 120 cm³/mol. The van der Waals surface area contributed by atoms with Gasteiger partial charge in [-0.25, -0.2) is 22.5 Å². The van der Waals surface area contributed by atoms with Crippen molar-refractivity contribution in [3.8, 4) is 0 Å². The number of nitrogens with zero attached hydrogens (tertiary/aromatic N) is 4. The third-order valence-electron chi connectivity index (χ3n) is 6.14. The molecule has 1 aliphatic heterocycles. The third-order valence-corrected chi connectivity index (χ3v) is 6.43. The first kappa shape index (κ1) is 24.9.